The van der Waals surface area contributed by atoms with Crippen LogP contribution >= 0.6 is 0 Å². The lowest BCUT2D eigenvalue weighted by molar-refractivity contribution is 0.0952. The zero-order chi connectivity index (χ0) is 24.5. The van der Waals surface area contributed by atoms with Gasteiger partial charge in [-0.3, -0.25) is 4.79 Å². The van der Waals surface area contributed by atoms with Crippen molar-refractivity contribution in [3.63, 3.8) is 0 Å². The maximum Gasteiger partial charge on any atom is 0.252 e. The monoisotopic (exact) mass is 470 g/mol. The molecule has 0 saturated carbocycles. The average Bonchev–Trinajstić information content (AvgIpc) is 3.36. The molecule has 0 saturated heterocycles. The number of carbonyl (C=O) groups excluding carboxylic acids is 1. The Morgan fingerprint density at radius 2 is 1.58 bits per heavy atom. The molecule has 5 nitrogen and oxygen atoms in total. The zero-order valence-corrected chi connectivity index (χ0v) is 19.3. The van der Waals surface area contributed by atoms with Crippen LogP contribution in [0.3, 0.4) is 0 Å². The maximum absolute atomic E-state index is 13.3. The van der Waals surface area contributed by atoms with Gasteiger partial charge in [-0.1, -0.05) is 78.9 Å². The smallest absolute Gasteiger partial charge is 0.252 e. The molecular formula is C31H22N2O3. The first-order valence-electron chi connectivity index (χ1n) is 11.7. The number of nitrogens with one attached hydrogen (secondary N) is 1. The summed E-state index contributed by atoms with van der Waals surface area (Å²) in [6, 6.07) is 34.4. The van der Waals surface area contributed by atoms with Gasteiger partial charge in [-0.25, -0.2) is 4.98 Å². The van der Waals surface area contributed by atoms with Gasteiger partial charge in [0.25, 0.3) is 5.91 Å². The van der Waals surface area contributed by atoms with Crippen LogP contribution in [0.2, 0.25) is 0 Å². The third-order valence-electron chi connectivity index (χ3n) is 6.24. The standard InChI is InChI=1S/C31H22N2O3/c34-27-11-6-10-25-30(27)24(18-26(33-25)21-7-2-1-3-8-21)31(35)32-19-20-13-15-22(16-14-20)29-17-23-9-4-5-12-28(23)36-29/h1-18,34H,19H2,(H,32,35). The molecule has 2 heterocycles. The second-order valence-electron chi connectivity index (χ2n) is 8.62. The van der Waals surface area contributed by atoms with Crippen LogP contribution in [0.1, 0.15) is 15.9 Å². The van der Waals surface area contributed by atoms with E-state index in [2.05, 4.69) is 10.3 Å². The first kappa shape index (κ1) is 21.6. The van der Waals surface area contributed by atoms with Gasteiger partial charge in [0.05, 0.1) is 22.2 Å². The first-order chi connectivity index (χ1) is 17.7. The Balaban J connectivity index is 1.26. The zero-order valence-electron chi connectivity index (χ0n) is 19.3. The highest BCUT2D eigenvalue weighted by Crippen LogP contribution is 2.31. The molecule has 0 aliphatic rings. The van der Waals surface area contributed by atoms with Crippen LogP contribution in [-0.2, 0) is 6.54 Å². The molecule has 5 heteroatoms. The summed E-state index contributed by atoms with van der Waals surface area (Å²) in [6.07, 6.45) is 0. The van der Waals surface area contributed by atoms with E-state index >= 15 is 0 Å². The third-order valence-corrected chi connectivity index (χ3v) is 6.24. The molecule has 36 heavy (non-hydrogen) atoms. The van der Waals surface area contributed by atoms with Crippen molar-refractivity contribution in [1.29, 1.82) is 0 Å². The van der Waals surface area contributed by atoms with Gasteiger partial charge in [0, 0.05) is 23.1 Å². The number of phenols is 1. The number of phenolic OH excluding ortho intramolecular Hbond substituents is 1. The number of pyridine rings is 1. The molecule has 0 aliphatic heterocycles. The molecule has 2 N–H and O–H groups in total. The van der Waals surface area contributed by atoms with E-state index in [1.807, 2.05) is 84.9 Å². The number of hydrogen-bond donors (Lipinski definition) is 2. The van der Waals surface area contributed by atoms with E-state index in [1.165, 1.54) is 0 Å². The van der Waals surface area contributed by atoms with Crippen LogP contribution in [0, 0.1) is 0 Å². The molecule has 0 aliphatic carbocycles. The lowest BCUT2D eigenvalue weighted by Gasteiger charge is -2.12. The summed E-state index contributed by atoms with van der Waals surface area (Å²) >= 11 is 0. The van der Waals surface area contributed by atoms with Crippen LogP contribution in [-0.4, -0.2) is 16.0 Å². The number of hydrogen-bond acceptors (Lipinski definition) is 4. The average molecular weight is 471 g/mol. The van der Waals surface area contributed by atoms with Crippen LogP contribution in [0.5, 0.6) is 5.75 Å². The number of nitrogens with zero attached hydrogens (tertiary/aromatic N) is 1. The van der Waals surface area contributed by atoms with Crippen LogP contribution in [0.4, 0.5) is 0 Å². The number of furan rings is 1. The summed E-state index contributed by atoms with van der Waals surface area (Å²) in [5.41, 5.74) is 5.30. The third kappa shape index (κ3) is 4.07. The molecule has 0 radical (unpaired) electrons. The van der Waals surface area contributed by atoms with Crippen molar-refractivity contribution in [1.82, 2.24) is 10.3 Å². The quantitative estimate of drug-likeness (QED) is 0.286. The summed E-state index contributed by atoms with van der Waals surface area (Å²) in [5, 5.41) is 15.0. The Labute approximate surface area is 207 Å². The fraction of sp³-hybridized carbons (Fsp3) is 0.0323. The second kappa shape index (κ2) is 9.04. The number of aromatic nitrogens is 1. The Morgan fingerprint density at radius 3 is 2.39 bits per heavy atom. The highest BCUT2D eigenvalue weighted by Gasteiger charge is 2.17. The normalized spacial score (nSPS) is 11.1. The summed E-state index contributed by atoms with van der Waals surface area (Å²) in [4.78, 5) is 18.0. The summed E-state index contributed by atoms with van der Waals surface area (Å²) in [7, 11) is 0. The highest BCUT2D eigenvalue weighted by molar-refractivity contribution is 6.09. The van der Waals surface area contributed by atoms with E-state index in [4.69, 9.17) is 4.42 Å². The first-order valence-corrected chi connectivity index (χ1v) is 11.7. The SMILES string of the molecule is O=C(NCc1ccc(-c2cc3ccccc3o2)cc1)c1cc(-c2ccccc2)nc2cccc(O)c12. The summed E-state index contributed by atoms with van der Waals surface area (Å²) < 4.78 is 5.95. The number of benzene rings is 4. The van der Waals surface area contributed by atoms with Crippen molar-refractivity contribution in [3.8, 4) is 28.3 Å². The number of aromatic hydroxyl groups is 1. The largest absolute Gasteiger partial charge is 0.507 e. The number of amides is 1. The Hall–Kier alpha value is -4.90. The van der Waals surface area contributed by atoms with Crippen LogP contribution in [0.15, 0.2) is 114 Å². The topological polar surface area (TPSA) is 75.4 Å². The van der Waals surface area contributed by atoms with Crippen LogP contribution < -0.4 is 5.32 Å². The molecule has 6 rings (SSSR count). The lowest BCUT2D eigenvalue weighted by Crippen LogP contribution is -2.23. The molecule has 1 amide bonds. The predicted octanol–water partition coefficient (Wildman–Crippen LogP) is 6.95. The van der Waals surface area contributed by atoms with Crippen molar-refractivity contribution in [2.75, 3.05) is 0 Å². The fourth-order valence-electron chi connectivity index (χ4n) is 4.39. The number of carbonyl (C=O) groups is 1. The Morgan fingerprint density at radius 1 is 0.806 bits per heavy atom. The number of rotatable bonds is 5. The van der Waals surface area contributed by atoms with Crippen molar-refractivity contribution in [2.45, 2.75) is 6.54 Å². The van der Waals surface area contributed by atoms with Gasteiger partial charge in [-0.15, -0.1) is 0 Å². The molecule has 6 aromatic rings. The molecule has 0 bridgehead atoms. The van der Waals surface area contributed by atoms with Crippen LogP contribution in [0.25, 0.3) is 44.5 Å². The maximum atomic E-state index is 13.3. The van der Waals surface area contributed by atoms with Gasteiger partial charge in [0.15, 0.2) is 0 Å². The van der Waals surface area contributed by atoms with E-state index in [9.17, 15) is 9.90 Å². The van der Waals surface area contributed by atoms with Gasteiger partial charge in [-0.05, 0) is 35.9 Å². The number of fused-ring (bicyclic) bond motifs is 2. The van der Waals surface area contributed by atoms with Gasteiger partial charge in [0.1, 0.15) is 17.1 Å². The van der Waals surface area contributed by atoms with E-state index in [0.29, 0.717) is 28.7 Å². The second-order valence-corrected chi connectivity index (χ2v) is 8.62. The Kier molecular flexibility index (Phi) is 5.43. The van der Waals surface area contributed by atoms with Crippen molar-refractivity contribution in [2.24, 2.45) is 0 Å². The van der Waals surface area contributed by atoms with E-state index in [0.717, 1.165) is 33.4 Å². The predicted molar refractivity (Wildman–Crippen MR) is 142 cm³/mol. The molecule has 4 aromatic carbocycles. The van der Waals surface area contributed by atoms with E-state index in [1.54, 1.807) is 24.3 Å². The van der Waals surface area contributed by atoms with Crippen molar-refractivity contribution >= 4 is 27.8 Å². The van der Waals surface area contributed by atoms with E-state index < -0.39 is 0 Å². The minimum atomic E-state index is -0.276. The molecule has 174 valence electrons. The molecular weight excluding hydrogens is 448 g/mol. The summed E-state index contributed by atoms with van der Waals surface area (Å²) in [6.45, 7) is 0.345. The van der Waals surface area contributed by atoms with Gasteiger partial charge < -0.3 is 14.8 Å². The van der Waals surface area contributed by atoms with E-state index in [-0.39, 0.29) is 11.7 Å². The van der Waals surface area contributed by atoms with Crippen molar-refractivity contribution < 1.29 is 14.3 Å². The van der Waals surface area contributed by atoms with Gasteiger partial charge in [-0.2, -0.15) is 0 Å². The molecule has 2 aromatic heterocycles. The number of para-hydroxylation sites is 1. The van der Waals surface area contributed by atoms with Crippen molar-refractivity contribution in [3.05, 3.63) is 120 Å². The molecule has 0 atom stereocenters. The molecule has 0 unspecified atom stereocenters. The fourth-order valence-corrected chi connectivity index (χ4v) is 4.39. The lowest BCUT2D eigenvalue weighted by atomic mass is 10.0. The Bertz CT molecular complexity index is 1670. The minimum absolute atomic E-state index is 0.0277. The minimum Gasteiger partial charge on any atom is -0.507 e. The molecule has 0 fully saturated rings. The van der Waals surface area contributed by atoms with Gasteiger partial charge >= 0.3 is 0 Å². The summed E-state index contributed by atoms with van der Waals surface area (Å²) in [5.74, 6) is 0.557. The van der Waals surface area contributed by atoms with Gasteiger partial charge in [0.2, 0.25) is 0 Å². The highest BCUT2D eigenvalue weighted by atomic mass is 16.3. The molecule has 0 spiro atoms.